The maximum Gasteiger partial charge on any atom is 0.410 e. The zero-order valence-electron chi connectivity index (χ0n) is 14.1. The molecule has 0 atom stereocenters. The van der Waals surface area contributed by atoms with E-state index in [1.165, 1.54) is 11.0 Å². The lowest BCUT2D eigenvalue weighted by molar-refractivity contribution is 0.0292. The normalized spacial score (nSPS) is 11.0. The van der Waals surface area contributed by atoms with Crippen molar-refractivity contribution in [2.24, 2.45) is 5.73 Å². The molecule has 0 aromatic heterocycles. The number of anilines is 1. The fourth-order valence-electron chi connectivity index (χ4n) is 1.73. The number of hydrogen-bond acceptors (Lipinski definition) is 5. The van der Waals surface area contributed by atoms with Crippen LogP contribution < -0.4 is 16.2 Å². The van der Waals surface area contributed by atoms with Gasteiger partial charge in [-0.15, -0.1) is 0 Å². The van der Waals surface area contributed by atoms with Gasteiger partial charge in [0.05, 0.1) is 12.3 Å². The SMILES string of the molecule is CN(CCCOc1cc(C(N)=O)ccc1N)C(=O)OC(C)(C)C. The molecule has 0 aliphatic rings. The molecular weight excluding hydrogens is 298 g/mol. The van der Waals surface area contributed by atoms with E-state index in [2.05, 4.69) is 0 Å². The third kappa shape index (κ3) is 6.46. The smallest absolute Gasteiger partial charge is 0.410 e. The number of benzene rings is 1. The highest BCUT2D eigenvalue weighted by molar-refractivity contribution is 5.93. The van der Waals surface area contributed by atoms with Crippen molar-refractivity contribution in [2.75, 3.05) is 25.9 Å². The molecule has 1 aromatic rings. The van der Waals surface area contributed by atoms with Crippen molar-refractivity contribution in [3.05, 3.63) is 23.8 Å². The minimum atomic E-state index is -0.542. The number of ether oxygens (including phenoxy) is 2. The molecule has 0 aliphatic carbocycles. The van der Waals surface area contributed by atoms with Gasteiger partial charge in [-0.1, -0.05) is 0 Å². The molecule has 7 nitrogen and oxygen atoms in total. The molecule has 7 heteroatoms. The Morgan fingerprint density at radius 1 is 1.26 bits per heavy atom. The predicted octanol–water partition coefficient (Wildman–Crippen LogP) is 2.00. The highest BCUT2D eigenvalue weighted by atomic mass is 16.6. The quantitative estimate of drug-likeness (QED) is 0.615. The number of carbonyl (C=O) groups excluding carboxylic acids is 2. The highest BCUT2D eigenvalue weighted by Gasteiger charge is 2.19. The van der Waals surface area contributed by atoms with Crippen LogP contribution in [0, 0.1) is 0 Å². The molecule has 0 aliphatic heterocycles. The largest absolute Gasteiger partial charge is 0.491 e. The maximum atomic E-state index is 11.8. The van der Waals surface area contributed by atoms with Crippen LogP contribution in [0.2, 0.25) is 0 Å². The molecule has 23 heavy (non-hydrogen) atoms. The van der Waals surface area contributed by atoms with Crippen LogP contribution in [0.5, 0.6) is 5.75 Å². The zero-order chi connectivity index (χ0) is 17.6. The van der Waals surface area contributed by atoms with Gasteiger partial charge in [0, 0.05) is 19.2 Å². The topological polar surface area (TPSA) is 108 Å². The molecule has 0 saturated heterocycles. The van der Waals surface area contributed by atoms with Crippen molar-refractivity contribution in [1.82, 2.24) is 4.90 Å². The summed E-state index contributed by atoms with van der Waals surface area (Å²) < 4.78 is 10.8. The molecule has 0 bridgehead atoms. The van der Waals surface area contributed by atoms with Gasteiger partial charge >= 0.3 is 6.09 Å². The number of nitrogens with two attached hydrogens (primary N) is 2. The first-order valence-corrected chi connectivity index (χ1v) is 7.36. The Labute approximate surface area is 136 Å². The Bertz CT molecular complexity index is 567. The van der Waals surface area contributed by atoms with E-state index in [-0.39, 0.29) is 6.09 Å². The number of nitrogens with zero attached hydrogens (tertiary/aromatic N) is 1. The van der Waals surface area contributed by atoms with Crippen LogP contribution in [-0.4, -0.2) is 42.7 Å². The molecule has 2 amide bonds. The fourth-order valence-corrected chi connectivity index (χ4v) is 1.73. The maximum absolute atomic E-state index is 11.8. The molecule has 0 heterocycles. The van der Waals surface area contributed by atoms with Gasteiger partial charge < -0.3 is 25.8 Å². The van der Waals surface area contributed by atoms with Gasteiger partial charge in [0.1, 0.15) is 11.4 Å². The summed E-state index contributed by atoms with van der Waals surface area (Å²) in [4.78, 5) is 24.4. The second-order valence-electron chi connectivity index (χ2n) is 6.22. The lowest BCUT2D eigenvalue weighted by Crippen LogP contribution is -2.35. The first kappa shape index (κ1) is 18.6. The highest BCUT2D eigenvalue weighted by Crippen LogP contribution is 2.22. The van der Waals surface area contributed by atoms with Crippen LogP contribution in [0.1, 0.15) is 37.6 Å². The molecule has 0 radical (unpaired) electrons. The van der Waals surface area contributed by atoms with Crippen molar-refractivity contribution in [3.63, 3.8) is 0 Å². The lowest BCUT2D eigenvalue weighted by Gasteiger charge is -2.24. The molecule has 0 fully saturated rings. The van der Waals surface area contributed by atoms with Crippen molar-refractivity contribution >= 4 is 17.7 Å². The zero-order valence-corrected chi connectivity index (χ0v) is 14.1. The predicted molar refractivity (Wildman–Crippen MR) is 88.3 cm³/mol. The summed E-state index contributed by atoms with van der Waals surface area (Å²) in [6, 6.07) is 4.62. The van der Waals surface area contributed by atoms with Gasteiger partial charge in [0.15, 0.2) is 0 Å². The van der Waals surface area contributed by atoms with E-state index in [1.807, 2.05) is 20.8 Å². The third-order valence-electron chi connectivity index (χ3n) is 2.90. The monoisotopic (exact) mass is 323 g/mol. The number of amides is 2. The third-order valence-corrected chi connectivity index (χ3v) is 2.90. The average molecular weight is 323 g/mol. The Morgan fingerprint density at radius 2 is 1.91 bits per heavy atom. The Kier molecular flexibility index (Phi) is 6.24. The van der Waals surface area contributed by atoms with Gasteiger partial charge in [-0.3, -0.25) is 4.79 Å². The molecule has 128 valence electrons. The van der Waals surface area contributed by atoms with Crippen molar-refractivity contribution in [3.8, 4) is 5.75 Å². The van der Waals surface area contributed by atoms with Gasteiger partial charge in [-0.25, -0.2) is 4.79 Å². The molecule has 0 saturated carbocycles. The van der Waals surface area contributed by atoms with E-state index in [0.717, 1.165) is 0 Å². The van der Waals surface area contributed by atoms with E-state index >= 15 is 0 Å². The average Bonchev–Trinajstić information content (AvgIpc) is 2.42. The number of hydrogen-bond donors (Lipinski definition) is 2. The first-order valence-electron chi connectivity index (χ1n) is 7.36. The molecule has 0 unspecified atom stereocenters. The number of nitrogen functional groups attached to an aromatic ring is 1. The standard InChI is InChI=1S/C16H25N3O4/c1-16(2,3)23-15(21)19(4)8-5-9-22-13-10-11(14(18)20)6-7-12(13)17/h6-7,10H,5,8-9,17H2,1-4H3,(H2,18,20). The summed E-state index contributed by atoms with van der Waals surface area (Å²) in [5.41, 5.74) is 11.2. The molecular formula is C16H25N3O4. The second-order valence-corrected chi connectivity index (χ2v) is 6.22. The Balaban J connectivity index is 2.44. The first-order chi connectivity index (χ1) is 10.6. The van der Waals surface area contributed by atoms with Crippen LogP contribution in [0.15, 0.2) is 18.2 Å². The molecule has 4 N–H and O–H groups in total. The number of carbonyl (C=O) groups is 2. The van der Waals surface area contributed by atoms with Gasteiger partial charge in [-0.05, 0) is 45.4 Å². The van der Waals surface area contributed by atoms with E-state index < -0.39 is 11.5 Å². The second kappa shape index (κ2) is 7.71. The van der Waals surface area contributed by atoms with Crippen LogP contribution in [-0.2, 0) is 4.74 Å². The Hall–Kier alpha value is -2.44. The van der Waals surface area contributed by atoms with Gasteiger partial charge in [-0.2, -0.15) is 0 Å². The van der Waals surface area contributed by atoms with Crippen LogP contribution >= 0.6 is 0 Å². The fraction of sp³-hybridized carbons (Fsp3) is 0.500. The van der Waals surface area contributed by atoms with Crippen molar-refractivity contribution in [2.45, 2.75) is 32.8 Å². The molecule has 0 spiro atoms. The van der Waals surface area contributed by atoms with Crippen LogP contribution in [0.25, 0.3) is 0 Å². The van der Waals surface area contributed by atoms with E-state index in [0.29, 0.717) is 36.6 Å². The minimum absolute atomic E-state index is 0.333. The summed E-state index contributed by atoms with van der Waals surface area (Å²) >= 11 is 0. The molecule has 1 aromatic carbocycles. The van der Waals surface area contributed by atoms with E-state index in [4.69, 9.17) is 20.9 Å². The summed E-state index contributed by atoms with van der Waals surface area (Å²) in [5, 5.41) is 0. The van der Waals surface area contributed by atoms with Crippen molar-refractivity contribution < 1.29 is 19.1 Å². The van der Waals surface area contributed by atoms with E-state index in [9.17, 15) is 9.59 Å². The summed E-state index contributed by atoms with van der Waals surface area (Å²) in [6.07, 6.45) is 0.212. The number of primary amides is 1. The van der Waals surface area contributed by atoms with Crippen LogP contribution in [0.4, 0.5) is 10.5 Å². The van der Waals surface area contributed by atoms with Gasteiger partial charge in [0.2, 0.25) is 5.91 Å². The summed E-state index contributed by atoms with van der Waals surface area (Å²) in [5.74, 6) is -0.138. The minimum Gasteiger partial charge on any atom is -0.491 e. The van der Waals surface area contributed by atoms with Crippen molar-refractivity contribution in [1.29, 1.82) is 0 Å². The number of rotatable bonds is 6. The van der Waals surface area contributed by atoms with Gasteiger partial charge in [0.25, 0.3) is 0 Å². The summed E-state index contributed by atoms with van der Waals surface area (Å²) in [6.45, 7) is 6.27. The molecule has 1 rings (SSSR count). The Morgan fingerprint density at radius 3 is 2.48 bits per heavy atom. The van der Waals surface area contributed by atoms with E-state index in [1.54, 1.807) is 19.2 Å². The van der Waals surface area contributed by atoms with Crippen LogP contribution in [0.3, 0.4) is 0 Å². The summed E-state index contributed by atoms with van der Waals surface area (Å²) in [7, 11) is 1.66. The lowest BCUT2D eigenvalue weighted by atomic mass is 10.2.